The van der Waals surface area contributed by atoms with Crippen molar-refractivity contribution >= 4 is 30.7 Å². The van der Waals surface area contributed by atoms with E-state index in [2.05, 4.69) is 17.1 Å². The number of nitrogens with two attached hydrogens (primary N) is 1. The average molecular weight is 356 g/mol. The van der Waals surface area contributed by atoms with Crippen LogP contribution >= 0.6 is 24.8 Å². The number of piperidine rings is 1. The molecule has 3 N–H and O–H groups in total. The molecule has 1 heterocycles. The van der Waals surface area contributed by atoms with E-state index in [-0.39, 0.29) is 36.1 Å². The molecule has 4 nitrogen and oxygen atoms in total. The number of unbranched alkanes of at least 4 members (excludes halogenated alkanes) is 1. The molecule has 0 bridgehead atoms. The normalized spacial score (nSPS) is 18.0. The average Bonchev–Trinajstić information content (AvgIpc) is 2.38. The van der Waals surface area contributed by atoms with Crippen molar-refractivity contribution in [3.63, 3.8) is 0 Å². The van der Waals surface area contributed by atoms with E-state index < -0.39 is 6.04 Å². The lowest BCUT2D eigenvalue weighted by atomic mass is 9.87. The summed E-state index contributed by atoms with van der Waals surface area (Å²) in [6.45, 7) is 12.7. The third kappa shape index (κ3) is 9.19. The molecule has 0 aromatic heterocycles. The number of amides is 1. The molecular weight excluding hydrogens is 321 g/mol. The molecule has 1 saturated heterocycles. The summed E-state index contributed by atoms with van der Waals surface area (Å²) in [6.07, 6.45) is 4.85. The first-order valence-electron chi connectivity index (χ1n) is 8.06. The maximum atomic E-state index is 11.8. The first-order valence-corrected chi connectivity index (χ1v) is 8.06. The first kappa shape index (κ1) is 24.2. The van der Waals surface area contributed by atoms with Crippen LogP contribution in [0.1, 0.15) is 53.4 Å². The largest absolute Gasteiger partial charge is 0.355 e. The van der Waals surface area contributed by atoms with Crippen LogP contribution < -0.4 is 11.1 Å². The third-order valence-electron chi connectivity index (χ3n) is 4.29. The van der Waals surface area contributed by atoms with Crippen LogP contribution in [0.3, 0.4) is 0 Å². The molecule has 0 radical (unpaired) electrons. The molecule has 22 heavy (non-hydrogen) atoms. The molecule has 1 aliphatic heterocycles. The van der Waals surface area contributed by atoms with E-state index >= 15 is 0 Å². The number of halogens is 2. The molecular formula is C16H35Cl2N3O. The molecule has 1 amide bonds. The molecule has 0 aromatic rings. The molecule has 0 spiro atoms. The number of hydrogen-bond donors (Lipinski definition) is 2. The number of nitrogens with zero attached hydrogens (tertiary/aromatic N) is 1. The molecule has 134 valence electrons. The molecule has 0 unspecified atom stereocenters. The Balaban J connectivity index is 0. The Morgan fingerprint density at radius 1 is 1.23 bits per heavy atom. The monoisotopic (exact) mass is 355 g/mol. The van der Waals surface area contributed by atoms with Gasteiger partial charge in [-0.1, -0.05) is 27.7 Å². The number of carbonyl (C=O) groups is 1. The van der Waals surface area contributed by atoms with Gasteiger partial charge >= 0.3 is 0 Å². The number of hydrogen-bond acceptors (Lipinski definition) is 3. The summed E-state index contributed by atoms with van der Waals surface area (Å²) in [5.74, 6) is 0.869. The van der Waals surface area contributed by atoms with E-state index in [9.17, 15) is 4.79 Å². The van der Waals surface area contributed by atoms with Crippen LogP contribution in [0, 0.1) is 11.3 Å². The summed E-state index contributed by atoms with van der Waals surface area (Å²) in [5.41, 5.74) is 5.75. The van der Waals surface area contributed by atoms with E-state index in [1.807, 2.05) is 20.8 Å². The van der Waals surface area contributed by atoms with Crippen molar-refractivity contribution < 1.29 is 4.79 Å². The highest BCUT2D eigenvalue weighted by molar-refractivity contribution is 5.85. The zero-order valence-electron chi connectivity index (χ0n) is 14.6. The SMILES string of the molecule is CC1CCN(CCCCNC(=O)[C@@H](N)C(C)(C)C)CC1.Cl.Cl. The van der Waals surface area contributed by atoms with Crippen LogP contribution in [0.2, 0.25) is 0 Å². The van der Waals surface area contributed by atoms with Gasteiger partial charge in [0.25, 0.3) is 0 Å². The standard InChI is InChI=1S/C16H33N3O.2ClH/c1-13-7-11-19(12-8-13)10-6-5-9-18-15(20)14(17)16(2,3)4;;/h13-14H,5-12,17H2,1-4H3,(H,18,20);2*1H/t14-;;/m1../s1. The predicted octanol–water partition coefficient (Wildman–Crippen LogP) is 2.83. The lowest BCUT2D eigenvalue weighted by Gasteiger charge is -2.30. The Morgan fingerprint density at radius 2 is 1.77 bits per heavy atom. The topological polar surface area (TPSA) is 58.4 Å². The quantitative estimate of drug-likeness (QED) is 0.720. The summed E-state index contributed by atoms with van der Waals surface area (Å²) in [6, 6.07) is -0.425. The van der Waals surface area contributed by atoms with Gasteiger partial charge in [-0.2, -0.15) is 0 Å². The van der Waals surface area contributed by atoms with E-state index in [0.717, 1.165) is 31.8 Å². The summed E-state index contributed by atoms with van der Waals surface area (Å²) in [7, 11) is 0. The Labute approximate surface area is 148 Å². The highest BCUT2D eigenvalue weighted by Crippen LogP contribution is 2.17. The fourth-order valence-electron chi connectivity index (χ4n) is 2.46. The highest BCUT2D eigenvalue weighted by Gasteiger charge is 2.26. The van der Waals surface area contributed by atoms with E-state index in [0.29, 0.717) is 0 Å². The Kier molecular flexibility index (Phi) is 12.7. The van der Waals surface area contributed by atoms with Crippen LogP contribution in [0.5, 0.6) is 0 Å². The van der Waals surface area contributed by atoms with E-state index in [1.54, 1.807) is 0 Å². The zero-order chi connectivity index (χ0) is 15.2. The van der Waals surface area contributed by atoms with Crippen molar-refractivity contribution in [2.75, 3.05) is 26.2 Å². The lowest BCUT2D eigenvalue weighted by molar-refractivity contribution is -0.124. The highest BCUT2D eigenvalue weighted by atomic mass is 35.5. The van der Waals surface area contributed by atoms with Crippen LogP contribution in [0.25, 0.3) is 0 Å². The number of nitrogens with one attached hydrogen (secondary N) is 1. The van der Waals surface area contributed by atoms with Crippen LogP contribution in [0.4, 0.5) is 0 Å². The van der Waals surface area contributed by atoms with Gasteiger partial charge in [-0.25, -0.2) is 0 Å². The summed E-state index contributed by atoms with van der Waals surface area (Å²) >= 11 is 0. The number of likely N-dealkylation sites (tertiary alicyclic amines) is 1. The van der Waals surface area contributed by atoms with E-state index in [4.69, 9.17) is 5.73 Å². The van der Waals surface area contributed by atoms with Gasteiger partial charge in [0, 0.05) is 6.54 Å². The zero-order valence-corrected chi connectivity index (χ0v) is 16.2. The second-order valence-electron chi connectivity index (χ2n) is 7.37. The molecule has 1 rings (SSSR count). The Bertz CT molecular complexity index is 300. The van der Waals surface area contributed by atoms with Crippen molar-refractivity contribution in [1.29, 1.82) is 0 Å². The third-order valence-corrected chi connectivity index (χ3v) is 4.29. The van der Waals surface area contributed by atoms with Crippen molar-refractivity contribution in [1.82, 2.24) is 10.2 Å². The maximum absolute atomic E-state index is 11.8. The molecule has 0 saturated carbocycles. The summed E-state index contributed by atoms with van der Waals surface area (Å²) < 4.78 is 0. The molecule has 1 fully saturated rings. The molecule has 6 heteroatoms. The van der Waals surface area contributed by atoms with Gasteiger partial charge in [0.05, 0.1) is 6.04 Å². The van der Waals surface area contributed by atoms with Gasteiger partial charge in [0.15, 0.2) is 0 Å². The molecule has 0 aliphatic carbocycles. The predicted molar refractivity (Wildman–Crippen MR) is 99.0 cm³/mol. The van der Waals surface area contributed by atoms with Crippen molar-refractivity contribution in [3.8, 4) is 0 Å². The Morgan fingerprint density at radius 3 is 2.27 bits per heavy atom. The minimum atomic E-state index is -0.425. The van der Waals surface area contributed by atoms with Gasteiger partial charge in [0.1, 0.15) is 0 Å². The number of rotatable bonds is 6. The van der Waals surface area contributed by atoms with Gasteiger partial charge in [-0.05, 0) is 56.7 Å². The minimum absolute atomic E-state index is 0. The van der Waals surface area contributed by atoms with Gasteiger partial charge < -0.3 is 16.0 Å². The number of carbonyl (C=O) groups excluding carboxylic acids is 1. The van der Waals surface area contributed by atoms with Gasteiger partial charge in [0.2, 0.25) is 5.91 Å². The van der Waals surface area contributed by atoms with Crippen LogP contribution in [-0.2, 0) is 4.79 Å². The fourth-order valence-corrected chi connectivity index (χ4v) is 2.46. The first-order chi connectivity index (χ1) is 9.30. The smallest absolute Gasteiger partial charge is 0.237 e. The molecule has 1 aliphatic rings. The molecule has 1 atom stereocenters. The second kappa shape index (κ2) is 11.5. The summed E-state index contributed by atoms with van der Waals surface area (Å²) in [4.78, 5) is 14.4. The Hall–Kier alpha value is -0.0300. The van der Waals surface area contributed by atoms with Gasteiger partial charge in [-0.3, -0.25) is 4.79 Å². The van der Waals surface area contributed by atoms with Crippen molar-refractivity contribution in [3.05, 3.63) is 0 Å². The fraction of sp³-hybridized carbons (Fsp3) is 0.938. The lowest BCUT2D eigenvalue weighted by Crippen LogP contribution is -2.48. The van der Waals surface area contributed by atoms with Crippen molar-refractivity contribution in [2.45, 2.75) is 59.4 Å². The van der Waals surface area contributed by atoms with Crippen LogP contribution in [-0.4, -0.2) is 43.0 Å². The van der Waals surface area contributed by atoms with Crippen LogP contribution in [0.15, 0.2) is 0 Å². The van der Waals surface area contributed by atoms with E-state index in [1.165, 1.54) is 25.9 Å². The second-order valence-corrected chi connectivity index (χ2v) is 7.37. The molecule has 0 aromatic carbocycles. The van der Waals surface area contributed by atoms with Gasteiger partial charge in [-0.15, -0.1) is 24.8 Å². The minimum Gasteiger partial charge on any atom is -0.355 e. The summed E-state index contributed by atoms with van der Waals surface area (Å²) in [5, 5.41) is 2.95. The maximum Gasteiger partial charge on any atom is 0.237 e. The van der Waals surface area contributed by atoms with Crippen molar-refractivity contribution in [2.24, 2.45) is 17.1 Å².